The smallest absolute Gasteiger partial charge is 0.319 e. The first-order chi connectivity index (χ1) is 13.7. The monoisotopic (exact) mass is 378 g/mol. The number of anilines is 2. The lowest BCUT2D eigenvalue weighted by molar-refractivity contribution is 0.0965. The van der Waals surface area contributed by atoms with Gasteiger partial charge in [-0.25, -0.2) is 4.79 Å². The van der Waals surface area contributed by atoms with Crippen LogP contribution in [0.1, 0.15) is 47.2 Å². The Hall–Kier alpha value is -3.02. The van der Waals surface area contributed by atoms with Gasteiger partial charge in [0.1, 0.15) is 0 Å². The maximum atomic E-state index is 12.5. The van der Waals surface area contributed by atoms with Gasteiger partial charge in [0.15, 0.2) is 0 Å². The fourth-order valence-electron chi connectivity index (χ4n) is 3.91. The molecule has 0 unspecified atom stereocenters. The molecule has 2 aromatic carbocycles. The highest BCUT2D eigenvalue weighted by atomic mass is 16.2. The number of carbonyl (C=O) groups is 2. The molecular formula is C22H26N4O2. The van der Waals surface area contributed by atoms with Gasteiger partial charge in [-0.3, -0.25) is 4.79 Å². The highest BCUT2D eigenvalue weighted by Crippen LogP contribution is 2.28. The molecule has 2 aliphatic heterocycles. The van der Waals surface area contributed by atoms with Crippen LogP contribution in [0.3, 0.4) is 0 Å². The van der Waals surface area contributed by atoms with Crippen molar-refractivity contribution in [1.82, 2.24) is 10.6 Å². The lowest BCUT2D eigenvalue weighted by atomic mass is 10.1. The number of carbonyl (C=O) groups excluding carboxylic acids is 2. The summed E-state index contributed by atoms with van der Waals surface area (Å²) in [6.45, 7) is 3.03. The van der Waals surface area contributed by atoms with Gasteiger partial charge >= 0.3 is 6.03 Å². The van der Waals surface area contributed by atoms with Crippen molar-refractivity contribution < 1.29 is 9.59 Å². The van der Waals surface area contributed by atoms with Crippen molar-refractivity contribution in [3.63, 3.8) is 0 Å². The van der Waals surface area contributed by atoms with Gasteiger partial charge in [0, 0.05) is 31.7 Å². The molecule has 6 heteroatoms. The third-order valence-electron chi connectivity index (χ3n) is 5.41. The van der Waals surface area contributed by atoms with E-state index in [-0.39, 0.29) is 11.9 Å². The molecule has 0 aromatic heterocycles. The normalized spacial score (nSPS) is 16.1. The molecule has 0 radical (unpaired) electrons. The summed E-state index contributed by atoms with van der Waals surface area (Å²) in [4.78, 5) is 26.5. The van der Waals surface area contributed by atoms with E-state index in [2.05, 4.69) is 26.9 Å². The number of hydrogen-bond donors (Lipinski definition) is 3. The van der Waals surface area contributed by atoms with Crippen molar-refractivity contribution in [2.45, 2.75) is 38.8 Å². The standard InChI is InChI=1S/C22H26N4O2/c27-21-18-10-9-16(13-17(18)15-23-21)14-24-22(28)25-19-7-3-4-8-20(19)26-11-5-1-2-6-12-26/h3-4,7-10,13H,1-2,5-6,11-12,14-15H2,(H,23,27)(H2,24,25,28). The molecule has 1 fully saturated rings. The Morgan fingerprint density at radius 1 is 1.04 bits per heavy atom. The van der Waals surface area contributed by atoms with Gasteiger partial charge in [-0.05, 0) is 42.2 Å². The second-order valence-corrected chi connectivity index (χ2v) is 7.40. The van der Waals surface area contributed by atoms with Gasteiger partial charge in [0.05, 0.1) is 11.4 Å². The van der Waals surface area contributed by atoms with E-state index in [9.17, 15) is 9.59 Å². The highest BCUT2D eigenvalue weighted by Gasteiger charge is 2.19. The van der Waals surface area contributed by atoms with Crippen molar-refractivity contribution in [2.24, 2.45) is 0 Å². The average molecular weight is 378 g/mol. The number of benzene rings is 2. The summed E-state index contributed by atoms with van der Waals surface area (Å²) in [5.74, 6) is -0.0302. The summed E-state index contributed by atoms with van der Waals surface area (Å²) < 4.78 is 0. The van der Waals surface area contributed by atoms with Gasteiger partial charge in [0.25, 0.3) is 5.91 Å². The molecule has 146 valence electrons. The zero-order valence-electron chi connectivity index (χ0n) is 16.0. The molecule has 0 saturated carbocycles. The lowest BCUT2D eigenvalue weighted by Crippen LogP contribution is -2.30. The second-order valence-electron chi connectivity index (χ2n) is 7.40. The molecule has 0 aliphatic carbocycles. The Morgan fingerprint density at radius 2 is 1.82 bits per heavy atom. The lowest BCUT2D eigenvalue weighted by Gasteiger charge is -2.25. The Balaban J connectivity index is 1.38. The molecule has 0 bridgehead atoms. The number of para-hydroxylation sites is 2. The number of urea groups is 1. The van der Waals surface area contributed by atoms with E-state index in [1.165, 1.54) is 25.7 Å². The zero-order valence-corrected chi connectivity index (χ0v) is 16.0. The average Bonchev–Trinajstić information content (AvgIpc) is 2.91. The first-order valence-corrected chi connectivity index (χ1v) is 9.99. The molecule has 2 aliphatic rings. The Kier molecular flexibility index (Phi) is 5.46. The number of nitrogens with zero attached hydrogens (tertiary/aromatic N) is 1. The number of rotatable bonds is 4. The van der Waals surface area contributed by atoms with E-state index in [0.29, 0.717) is 13.1 Å². The number of hydrogen-bond acceptors (Lipinski definition) is 3. The van der Waals surface area contributed by atoms with Crippen molar-refractivity contribution in [3.8, 4) is 0 Å². The minimum atomic E-state index is -0.225. The third kappa shape index (κ3) is 4.11. The molecule has 4 rings (SSSR count). The van der Waals surface area contributed by atoms with Gasteiger partial charge in [-0.2, -0.15) is 0 Å². The summed E-state index contributed by atoms with van der Waals surface area (Å²) in [5.41, 5.74) is 4.61. The molecule has 28 heavy (non-hydrogen) atoms. The second kappa shape index (κ2) is 8.33. The molecule has 3 amide bonds. The first-order valence-electron chi connectivity index (χ1n) is 9.99. The molecule has 2 aromatic rings. The van der Waals surface area contributed by atoms with Crippen LogP contribution in [0.5, 0.6) is 0 Å². The third-order valence-corrected chi connectivity index (χ3v) is 5.41. The van der Waals surface area contributed by atoms with E-state index in [4.69, 9.17) is 0 Å². The molecule has 6 nitrogen and oxygen atoms in total. The van der Waals surface area contributed by atoms with Crippen LogP contribution in [0, 0.1) is 0 Å². The van der Waals surface area contributed by atoms with Gasteiger partial charge < -0.3 is 20.9 Å². The van der Waals surface area contributed by atoms with Gasteiger partial charge in [0.2, 0.25) is 0 Å². The molecule has 0 spiro atoms. The molecule has 3 N–H and O–H groups in total. The first kappa shape index (κ1) is 18.3. The number of nitrogens with one attached hydrogen (secondary N) is 3. The topological polar surface area (TPSA) is 73.5 Å². The zero-order chi connectivity index (χ0) is 19.3. The Morgan fingerprint density at radius 3 is 2.64 bits per heavy atom. The van der Waals surface area contributed by atoms with Crippen LogP contribution < -0.4 is 20.9 Å². The minimum Gasteiger partial charge on any atom is -0.370 e. The number of fused-ring (bicyclic) bond motifs is 1. The Labute approximate surface area is 165 Å². The van der Waals surface area contributed by atoms with E-state index in [0.717, 1.165) is 41.2 Å². The Bertz CT molecular complexity index is 873. The van der Waals surface area contributed by atoms with Crippen LogP contribution in [0.15, 0.2) is 42.5 Å². The van der Waals surface area contributed by atoms with Crippen LogP contribution in [0.2, 0.25) is 0 Å². The summed E-state index contributed by atoms with van der Waals surface area (Å²) in [6, 6.07) is 13.4. The summed E-state index contributed by atoms with van der Waals surface area (Å²) in [5, 5.41) is 8.73. The molecule has 1 saturated heterocycles. The SMILES string of the molecule is O=C(NCc1ccc2c(c1)CNC2=O)Nc1ccccc1N1CCCCCC1. The molecule has 2 heterocycles. The fourth-order valence-corrected chi connectivity index (χ4v) is 3.91. The van der Waals surface area contributed by atoms with E-state index < -0.39 is 0 Å². The van der Waals surface area contributed by atoms with Crippen LogP contribution in [0.25, 0.3) is 0 Å². The maximum absolute atomic E-state index is 12.5. The summed E-state index contributed by atoms with van der Waals surface area (Å²) in [6.07, 6.45) is 4.93. The van der Waals surface area contributed by atoms with Crippen LogP contribution >= 0.6 is 0 Å². The van der Waals surface area contributed by atoms with Crippen LogP contribution in [-0.2, 0) is 13.1 Å². The predicted molar refractivity (Wildman–Crippen MR) is 111 cm³/mol. The van der Waals surface area contributed by atoms with Crippen LogP contribution in [-0.4, -0.2) is 25.0 Å². The largest absolute Gasteiger partial charge is 0.370 e. The quantitative estimate of drug-likeness (QED) is 0.761. The number of amides is 3. The van der Waals surface area contributed by atoms with Crippen molar-refractivity contribution in [1.29, 1.82) is 0 Å². The van der Waals surface area contributed by atoms with E-state index in [1.807, 2.05) is 36.4 Å². The van der Waals surface area contributed by atoms with Crippen molar-refractivity contribution in [2.75, 3.05) is 23.3 Å². The molecule has 0 atom stereocenters. The molecular weight excluding hydrogens is 352 g/mol. The fraction of sp³-hybridized carbons (Fsp3) is 0.364. The summed E-state index contributed by atoms with van der Waals surface area (Å²) >= 11 is 0. The maximum Gasteiger partial charge on any atom is 0.319 e. The van der Waals surface area contributed by atoms with E-state index >= 15 is 0 Å². The van der Waals surface area contributed by atoms with E-state index in [1.54, 1.807) is 0 Å². The highest BCUT2D eigenvalue weighted by molar-refractivity contribution is 5.98. The predicted octanol–water partition coefficient (Wildman–Crippen LogP) is 3.63. The minimum absolute atomic E-state index is 0.0302. The summed E-state index contributed by atoms with van der Waals surface area (Å²) in [7, 11) is 0. The van der Waals surface area contributed by atoms with Crippen molar-refractivity contribution >= 4 is 23.3 Å². The van der Waals surface area contributed by atoms with Gasteiger partial charge in [-0.15, -0.1) is 0 Å². The van der Waals surface area contributed by atoms with Crippen LogP contribution in [0.4, 0.5) is 16.2 Å². The van der Waals surface area contributed by atoms with Crippen molar-refractivity contribution in [3.05, 3.63) is 59.2 Å². The van der Waals surface area contributed by atoms with Gasteiger partial charge in [-0.1, -0.05) is 37.1 Å².